The van der Waals surface area contributed by atoms with Gasteiger partial charge in [0.05, 0.1) is 5.39 Å². The minimum atomic E-state index is -0.166. The van der Waals surface area contributed by atoms with Gasteiger partial charge in [-0.25, -0.2) is 4.98 Å². The first-order chi connectivity index (χ1) is 13.7. The van der Waals surface area contributed by atoms with E-state index >= 15 is 0 Å². The van der Waals surface area contributed by atoms with Crippen LogP contribution in [0.25, 0.3) is 22.2 Å². The second-order valence-corrected chi connectivity index (χ2v) is 7.27. The number of piperidine rings is 1. The number of rotatable bonds is 3. The first-order valence-electron chi connectivity index (χ1n) is 9.80. The van der Waals surface area contributed by atoms with Crippen molar-refractivity contribution in [3.8, 4) is 22.6 Å². The molecule has 7 heteroatoms. The van der Waals surface area contributed by atoms with Crippen LogP contribution in [0.15, 0.2) is 35.3 Å². The highest BCUT2D eigenvalue weighted by Gasteiger charge is 2.24. The number of hydrogen-bond donors (Lipinski definition) is 1. The van der Waals surface area contributed by atoms with Crippen LogP contribution in [0, 0.1) is 0 Å². The van der Waals surface area contributed by atoms with Gasteiger partial charge in [-0.3, -0.25) is 9.78 Å². The minimum Gasteiger partial charge on any atom is -0.454 e. The van der Waals surface area contributed by atoms with Crippen LogP contribution in [-0.2, 0) is 0 Å². The second kappa shape index (κ2) is 6.82. The lowest BCUT2D eigenvalue weighted by molar-refractivity contribution is 0.174. The SMILES string of the molecule is CCC1CCCCN1c1nc2nccc(-c3ccc4c(c3)OCO4)c2c(=O)[nH]1. The number of fused-ring (bicyclic) bond motifs is 2. The Morgan fingerprint density at radius 3 is 3.00 bits per heavy atom. The van der Waals surface area contributed by atoms with Crippen molar-refractivity contribution in [1.82, 2.24) is 15.0 Å². The van der Waals surface area contributed by atoms with Gasteiger partial charge in [-0.15, -0.1) is 0 Å². The molecule has 1 N–H and O–H groups in total. The average Bonchev–Trinajstić information content (AvgIpc) is 3.21. The summed E-state index contributed by atoms with van der Waals surface area (Å²) in [6.07, 6.45) is 6.20. The van der Waals surface area contributed by atoms with Gasteiger partial charge in [-0.1, -0.05) is 13.0 Å². The van der Waals surface area contributed by atoms with Crippen LogP contribution >= 0.6 is 0 Å². The molecule has 5 rings (SSSR count). The molecule has 144 valence electrons. The van der Waals surface area contributed by atoms with Crippen molar-refractivity contribution in [2.24, 2.45) is 0 Å². The molecule has 2 aliphatic heterocycles. The first-order valence-corrected chi connectivity index (χ1v) is 9.80. The summed E-state index contributed by atoms with van der Waals surface area (Å²) >= 11 is 0. The van der Waals surface area contributed by atoms with E-state index in [0.717, 1.165) is 36.9 Å². The van der Waals surface area contributed by atoms with Crippen molar-refractivity contribution in [1.29, 1.82) is 0 Å². The summed E-state index contributed by atoms with van der Waals surface area (Å²) in [6, 6.07) is 7.92. The molecule has 28 heavy (non-hydrogen) atoms. The molecule has 3 aromatic rings. The van der Waals surface area contributed by atoms with Crippen molar-refractivity contribution < 1.29 is 9.47 Å². The Hall–Kier alpha value is -3.09. The molecule has 0 amide bonds. The number of anilines is 1. The Labute approximate surface area is 162 Å². The summed E-state index contributed by atoms with van der Waals surface area (Å²) in [5, 5.41) is 0.496. The lowest BCUT2D eigenvalue weighted by Gasteiger charge is -2.35. The number of aromatic amines is 1. The molecule has 4 heterocycles. The van der Waals surface area contributed by atoms with Crippen molar-refractivity contribution >= 4 is 17.0 Å². The van der Waals surface area contributed by atoms with Gasteiger partial charge in [-0.05, 0) is 55.0 Å². The number of nitrogens with zero attached hydrogens (tertiary/aromatic N) is 3. The van der Waals surface area contributed by atoms with Crippen LogP contribution in [0.5, 0.6) is 11.5 Å². The Balaban J connectivity index is 1.62. The highest BCUT2D eigenvalue weighted by molar-refractivity contribution is 5.92. The van der Waals surface area contributed by atoms with E-state index in [1.165, 1.54) is 6.42 Å². The van der Waals surface area contributed by atoms with E-state index in [0.29, 0.717) is 34.5 Å². The van der Waals surface area contributed by atoms with Gasteiger partial charge in [0, 0.05) is 18.8 Å². The standard InChI is InChI=1S/C21H22N4O3/c1-2-14-5-3-4-10-25(14)21-23-19-18(20(26)24-21)15(8-9-22-19)13-6-7-16-17(11-13)28-12-27-16/h6-9,11,14H,2-5,10,12H2,1H3,(H,22,23,24,26). The Morgan fingerprint density at radius 2 is 2.11 bits per heavy atom. The molecule has 1 aromatic carbocycles. The number of benzene rings is 1. The zero-order valence-corrected chi connectivity index (χ0v) is 15.8. The summed E-state index contributed by atoms with van der Waals surface area (Å²) in [5.41, 5.74) is 1.96. The van der Waals surface area contributed by atoms with E-state index in [9.17, 15) is 4.79 Å². The number of pyridine rings is 1. The zero-order valence-electron chi connectivity index (χ0n) is 15.8. The third-order valence-electron chi connectivity index (χ3n) is 5.65. The monoisotopic (exact) mass is 378 g/mol. The fourth-order valence-electron chi connectivity index (χ4n) is 4.20. The van der Waals surface area contributed by atoms with Crippen LogP contribution in [0.2, 0.25) is 0 Å². The molecule has 0 aliphatic carbocycles. The third-order valence-corrected chi connectivity index (χ3v) is 5.65. The van der Waals surface area contributed by atoms with E-state index in [1.54, 1.807) is 6.20 Å². The molecular weight excluding hydrogens is 356 g/mol. The van der Waals surface area contributed by atoms with E-state index in [2.05, 4.69) is 21.8 Å². The van der Waals surface area contributed by atoms with E-state index < -0.39 is 0 Å². The number of H-pyrrole nitrogens is 1. The molecule has 1 atom stereocenters. The smallest absolute Gasteiger partial charge is 0.262 e. The zero-order chi connectivity index (χ0) is 19.1. The normalized spacial score (nSPS) is 18.6. The molecular formula is C21H22N4O3. The first kappa shape index (κ1) is 17.0. The van der Waals surface area contributed by atoms with E-state index in [4.69, 9.17) is 14.5 Å². The van der Waals surface area contributed by atoms with Crippen LogP contribution in [0.4, 0.5) is 5.95 Å². The third kappa shape index (κ3) is 2.78. The van der Waals surface area contributed by atoms with Crippen LogP contribution < -0.4 is 19.9 Å². The second-order valence-electron chi connectivity index (χ2n) is 7.27. The van der Waals surface area contributed by atoms with E-state index in [-0.39, 0.29) is 12.4 Å². The van der Waals surface area contributed by atoms with Crippen LogP contribution in [-0.4, -0.2) is 34.3 Å². The predicted molar refractivity (Wildman–Crippen MR) is 107 cm³/mol. The lowest BCUT2D eigenvalue weighted by atomic mass is 10.0. The van der Waals surface area contributed by atoms with Crippen molar-refractivity contribution in [3.63, 3.8) is 0 Å². The van der Waals surface area contributed by atoms with Crippen molar-refractivity contribution in [3.05, 3.63) is 40.8 Å². The fourth-order valence-corrected chi connectivity index (χ4v) is 4.20. The maximum Gasteiger partial charge on any atom is 0.262 e. The average molecular weight is 378 g/mol. The molecule has 2 aliphatic rings. The summed E-state index contributed by atoms with van der Waals surface area (Å²) in [4.78, 5) is 27.4. The van der Waals surface area contributed by atoms with Gasteiger partial charge in [-0.2, -0.15) is 4.98 Å². The Bertz CT molecular complexity index is 1090. The Morgan fingerprint density at radius 1 is 1.21 bits per heavy atom. The van der Waals surface area contributed by atoms with Gasteiger partial charge < -0.3 is 14.4 Å². The van der Waals surface area contributed by atoms with Gasteiger partial charge in [0.15, 0.2) is 17.1 Å². The molecule has 0 radical (unpaired) electrons. The number of aromatic nitrogens is 3. The quantitative estimate of drug-likeness (QED) is 0.752. The minimum absolute atomic E-state index is 0.166. The molecule has 1 unspecified atom stereocenters. The molecule has 2 aromatic heterocycles. The highest BCUT2D eigenvalue weighted by atomic mass is 16.7. The Kier molecular flexibility index (Phi) is 4.15. The van der Waals surface area contributed by atoms with Crippen LogP contribution in [0.3, 0.4) is 0 Å². The summed E-state index contributed by atoms with van der Waals surface area (Å²) in [7, 11) is 0. The lowest BCUT2D eigenvalue weighted by Crippen LogP contribution is -2.41. The highest BCUT2D eigenvalue weighted by Crippen LogP contribution is 2.37. The number of hydrogen-bond acceptors (Lipinski definition) is 6. The van der Waals surface area contributed by atoms with Gasteiger partial charge in [0.25, 0.3) is 5.56 Å². The molecule has 0 saturated carbocycles. The van der Waals surface area contributed by atoms with Crippen molar-refractivity contribution in [2.75, 3.05) is 18.2 Å². The fraction of sp³-hybridized carbons (Fsp3) is 0.381. The van der Waals surface area contributed by atoms with Gasteiger partial charge >= 0.3 is 0 Å². The number of ether oxygens (including phenoxy) is 2. The van der Waals surface area contributed by atoms with Gasteiger partial charge in [0.2, 0.25) is 12.7 Å². The van der Waals surface area contributed by atoms with E-state index in [1.807, 2.05) is 24.3 Å². The van der Waals surface area contributed by atoms with Crippen LogP contribution in [0.1, 0.15) is 32.6 Å². The maximum atomic E-state index is 13.0. The molecule has 1 fully saturated rings. The van der Waals surface area contributed by atoms with Gasteiger partial charge in [0.1, 0.15) is 0 Å². The summed E-state index contributed by atoms with van der Waals surface area (Å²) < 4.78 is 10.9. The molecule has 7 nitrogen and oxygen atoms in total. The van der Waals surface area contributed by atoms with Crippen molar-refractivity contribution in [2.45, 2.75) is 38.6 Å². The summed E-state index contributed by atoms with van der Waals surface area (Å²) in [5.74, 6) is 2.02. The predicted octanol–water partition coefficient (Wildman–Crippen LogP) is 3.48. The molecule has 0 spiro atoms. The number of nitrogens with one attached hydrogen (secondary N) is 1. The largest absolute Gasteiger partial charge is 0.454 e. The summed E-state index contributed by atoms with van der Waals surface area (Å²) in [6.45, 7) is 3.31. The molecule has 0 bridgehead atoms. The molecule has 1 saturated heterocycles. The topological polar surface area (TPSA) is 80.3 Å². The maximum absolute atomic E-state index is 13.0.